The number of carboxylic acid groups (broad SMARTS) is 1. The van der Waals surface area contributed by atoms with Crippen LogP contribution in [-0.4, -0.2) is 46.6 Å². The van der Waals surface area contributed by atoms with Gasteiger partial charge in [-0.3, -0.25) is 0 Å². The first-order chi connectivity index (χ1) is 6.41. The molecule has 0 radical (unpaired) electrons. The van der Waals surface area contributed by atoms with E-state index in [1.165, 1.54) is 0 Å². The van der Waals surface area contributed by atoms with E-state index in [9.17, 15) is 9.90 Å². The highest BCUT2D eigenvalue weighted by molar-refractivity contribution is 5.73. The molecule has 2 saturated heterocycles. The van der Waals surface area contributed by atoms with Gasteiger partial charge in [0.2, 0.25) is 0 Å². The van der Waals surface area contributed by atoms with Crippen molar-refractivity contribution in [2.75, 3.05) is 0 Å². The lowest BCUT2D eigenvalue weighted by molar-refractivity contribution is -0.222. The normalized spacial score (nSPS) is 45.1. The molecule has 2 aliphatic rings. The second kappa shape index (κ2) is 2.90. The highest BCUT2D eigenvalue weighted by atomic mass is 16.8. The van der Waals surface area contributed by atoms with Crippen molar-refractivity contribution in [3.63, 3.8) is 0 Å². The van der Waals surface area contributed by atoms with E-state index in [0.29, 0.717) is 0 Å². The molecule has 0 amide bonds. The first kappa shape index (κ1) is 9.85. The highest BCUT2D eigenvalue weighted by Crippen LogP contribution is 2.37. The Morgan fingerprint density at radius 1 is 1.29 bits per heavy atom. The van der Waals surface area contributed by atoms with Gasteiger partial charge in [0.1, 0.15) is 12.2 Å². The van der Waals surface area contributed by atoms with Crippen LogP contribution in [0.1, 0.15) is 13.8 Å². The number of ether oxygens (including phenoxy) is 3. The van der Waals surface area contributed by atoms with Gasteiger partial charge in [-0.25, -0.2) is 4.79 Å². The third-order valence-electron chi connectivity index (χ3n) is 2.27. The third kappa shape index (κ3) is 1.40. The molecular weight excluding hydrogens is 192 g/mol. The molecule has 0 aromatic carbocycles. The second-order valence-electron chi connectivity index (χ2n) is 3.85. The van der Waals surface area contributed by atoms with Crippen LogP contribution in [0.15, 0.2) is 0 Å². The Morgan fingerprint density at radius 2 is 1.86 bits per heavy atom. The number of aliphatic hydroxyl groups excluding tert-OH is 1. The molecular formula is C8H12O6. The minimum atomic E-state index is -1.23. The molecule has 0 bridgehead atoms. The van der Waals surface area contributed by atoms with Gasteiger partial charge in [0.05, 0.1) is 0 Å². The van der Waals surface area contributed by atoms with Gasteiger partial charge in [0.15, 0.2) is 18.2 Å². The zero-order valence-corrected chi connectivity index (χ0v) is 7.84. The third-order valence-corrected chi connectivity index (χ3v) is 2.27. The van der Waals surface area contributed by atoms with Gasteiger partial charge < -0.3 is 24.4 Å². The highest BCUT2D eigenvalue weighted by Gasteiger charge is 2.57. The van der Waals surface area contributed by atoms with Crippen LogP contribution < -0.4 is 0 Å². The lowest BCUT2D eigenvalue weighted by atomic mass is 10.1. The van der Waals surface area contributed by atoms with Crippen LogP contribution in [0.25, 0.3) is 0 Å². The molecule has 6 heteroatoms. The molecule has 2 heterocycles. The first-order valence-electron chi connectivity index (χ1n) is 4.33. The lowest BCUT2D eigenvalue weighted by Gasteiger charge is -2.20. The van der Waals surface area contributed by atoms with Gasteiger partial charge in [-0.2, -0.15) is 0 Å². The van der Waals surface area contributed by atoms with E-state index in [0.717, 1.165) is 0 Å². The van der Waals surface area contributed by atoms with E-state index < -0.39 is 36.4 Å². The summed E-state index contributed by atoms with van der Waals surface area (Å²) in [6.45, 7) is 3.33. The maximum Gasteiger partial charge on any atom is 0.335 e. The van der Waals surface area contributed by atoms with E-state index in [4.69, 9.17) is 19.3 Å². The Hall–Kier alpha value is -0.690. The average molecular weight is 204 g/mol. The predicted molar refractivity (Wildman–Crippen MR) is 42.3 cm³/mol. The number of carbonyl (C=O) groups is 1. The molecule has 0 aromatic rings. The molecule has 80 valence electrons. The van der Waals surface area contributed by atoms with Crippen molar-refractivity contribution in [3.05, 3.63) is 0 Å². The Kier molecular flexibility index (Phi) is 2.04. The summed E-state index contributed by atoms with van der Waals surface area (Å²) in [6, 6.07) is 0. The molecule has 2 aliphatic heterocycles. The first-order valence-corrected chi connectivity index (χ1v) is 4.33. The van der Waals surface area contributed by atoms with Crippen LogP contribution in [0.3, 0.4) is 0 Å². The van der Waals surface area contributed by atoms with E-state index >= 15 is 0 Å². The number of fused-ring (bicyclic) bond motifs is 1. The molecule has 6 nitrogen and oxygen atoms in total. The number of aliphatic carboxylic acids is 1. The monoisotopic (exact) mass is 204 g/mol. The standard InChI is InChI=1S/C8H12O6/c1-8(2)13-3-4(6(9)10)12-7(11)5(3)14-8/h3-5,7,11H,1-2H3,(H,9,10)/t3-,4-,5-,7?/m0/s1. The van der Waals surface area contributed by atoms with Crippen LogP contribution in [0, 0.1) is 0 Å². The van der Waals surface area contributed by atoms with E-state index in [2.05, 4.69) is 0 Å². The summed E-state index contributed by atoms with van der Waals surface area (Å²) < 4.78 is 15.4. The SMILES string of the molecule is CC1(C)O[C@H]2[C@@H](C(=O)O)OC(O)[C@H]2O1. The molecule has 0 spiro atoms. The molecule has 2 rings (SSSR count). The fourth-order valence-corrected chi connectivity index (χ4v) is 1.78. The quantitative estimate of drug-likeness (QED) is 0.588. The largest absolute Gasteiger partial charge is 0.479 e. The molecule has 0 aliphatic carbocycles. The van der Waals surface area contributed by atoms with Gasteiger partial charge >= 0.3 is 5.97 Å². The van der Waals surface area contributed by atoms with Crippen LogP contribution in [0.2, 0.25) is 0 Å². The number of rotatable bonds is 1. The van der Waals surface area contributed by atoms with Gasteiger partial charge in [-0.15, -0.1) is 0 Å². The van der Waals surface area contributed by atoms with Crippen molar-refractivity contribution >= 4 is 5.97 Å². The molecule has 0 aromatic heterocycles. The Bertz CT molecular complexity index is 263. The van der Waals surface area contributed by atoms with Gasteiger partial charge in [-0.1, -0.05) is 0 Å². The molecule has 2 fully saturated rings. The number of aliphatic hydroxyl groups is 1. The summed E-state index contributed by atoms with van der Waals surface area (Å²) in [4.78, 5) is 10.7. The van der Waals surface area contributed by atoms with Crippen LogP contribution in [-0.2, 0) is 19.0 Å². The second-order valence-corrected chi connectivity index (χ2v) is 3.85. The molecule has 4 atom stereocenters. The van der Waals surface area contributed by atoms with Crippen molar-refractivity contribution in [2.45, 2.75) is 44.2 Å². The average Bonchev–Trinajstić information content (AvgIpc) is 2.47. The topological polar surface area (TPSA) is 85.2 Å². The maximum absolute atomic E-state index is 10.7. The van der Waals surface area contributed by atoms with Crippen molar-refractivity contribution < 1.29 is 29.2 Å². The minimum Gasteiger partial charge on any atom is -0.479 e. The summed E-state index contributed by atoms with van der Waals surface area (Å²) in [6.07, 6.45) is -3.84. The zero-order valence-electron chi connectivity index (χ0n) is 7.84. The summed E-state index contributed by atoms with van der Waals surface area (Å²) >= 11 is 0. The van der Waals surface area contributed by atoms with Crippen molar-refractivity contribution in [3.8, 4) is 0 Å². The Balaban J connectivity index is 2.19. The summed E-state index contributed by atoms with van der Waals surface area (Å²) in [5, 5.41) is 18.1. The Labute approximate surface area is 80.4 Å². The summed E-state index contributed by atoms with van der Waals surface area (Å²) in [5.74, 6) is -2.02. The van der Waals surface area contributed by atoms with Crippen LogP contribution in [0.5, 0.6) is 0 Å². The summed E-state index contributed by atoms with van der Waals surface area (Å²) in [5.41, 5.74) is 0. The number of hydrogen-bond acceptors (Lipinski definition) is 5. The fraction of sp³-hybridized carbons (Fsp3) is 0.875. The number of hydrogen-bond donors (Lipinski definition) is 2. The smallest absolute Gasteiger partial charge is 0.335 e. The van der Waals surface area contributed by atoms with Crippen molar-refractivity contribution in [2.24, 2.45) is 0 Å². The van der Waals surface area contributed by atoms with Gasteiger partial charge in [0, 0.05) is 0 Å². The minimum absolute atomic E-state index is 0.717. The van der Waals surface area contributed by atoms with E-state index in [1.807, 2.05) is 0 Å². The molecule has 2 N–H and O–H groups in total. The van der Waals surface area contributed by atoms with Gasteiger partial charge in [-0.05, 0) is 13.8 Å². The summed E-state index contributed by atoms with van der Waals surface area (Å²) in [7, 11) is 0. The fourth-order valence-electron chi connectivity index (χ4n) is 1.78. The van der Waals surface area contributed by atoms with E-state index in [-0.39, 0.29) is 0 Å². The zero-order chi connectivity index (χ0) is 10.5. The van der Waals surface area contributed by atoms with Crippen LogP contribution in [0.4, 0.5) is 0 Å². The predicted octanol–water partition coefficient (Wildman–Crippen LogP) is -0.692. The van der Waals surface area contributed by atoms with Crippen molar-refractivity contribution in [1.82, 2.24) is 0 Å². The van der Waals surface area contributed by atoms with Crippen LogP contribution >= 0.6 is 0 Å². The number of carboxylic acids is 1. The maximum atomic E-state index is 10.7. The van der Waals surface area contributed by atoms with Crippen molar-refractivity contribution in [1.29, 1.82) is 0 Å². The lowest BCUT2D eigenvalue weighted by Crippen LogP contribution is -2.35. The molecule has 14 heavy (non-hydrogen) atoms. The van der Waals surface area contributed by atoms with E-state index in [1.54, 1.807) is 13.8 Å². The Morgan fingerprint density at radius 3 is 2.43 bits per heavy atom. The molecule has 1 unspecified atom stereocenters. The molecule has 0 saturated carbocycles. The van der Waals surface area contributed by atoms with Gasteiger partial charge in [0.25, 0.3) is 0 Å².